The number of aliphatic hydroxyl groups is 2. The number of thiazole rings is 1. The van der Waals surface area contributed by atoms with E-state index in [4.69, 9.17) is 0 Å². The van der Waals surface area contributed by atoms with Gasteiger partial charge in [-0.05, 0) is 80.1 Å². The second kappa shape index (κ2) is 22.5. The van der Waals surface area contributed by atoms with E-state index in [-0.39, 0.29) is 49.0 Å². The average Bonchev–Trinajstić information content (AvgIpc) is 3.89. The van der Waals surface area contributed by atoms with Crippen molar-refractivity contribution in [1.82, 2.24) is 35.8 Å². The van der Waals surface area contributed by atoms with Crippen molar-refractivity contribution in [2.45, 2.75) is 83.8 Å². The van der Waals surface area contributed by atoms with Crippen LogP contribution < -0.4 is 26.6 Å². The average molecular weight is 876 g/mol. The van der Waals surface area contributed by atoms with Gasteiger partial charge in [0, 0.05) is 67.8 Å². The molecule has 1 saturated heterocycles. The first-order valence-corrected chi connectivity index (χ1v) is 21.5. The summed E-state index contributed by atoms with van der Waals surface area (Å²) in [6.45, 7) is 4.86. The van der Waals surface area contributed by atoms with Crippen molar-refractivity contribution in [2.75, 3.05) is 23.7 Å². The van der Waals surface area contributed by atoms with Gasteiger partial charge in [0.25, 0.3) is 0 Å². The Morgan fingerprint density at radius 1 is 0.937 bits per heavy atom. The van der Waals surface area contributed by atoms with Crippen LogP contribution in [0.1, 0.15) is 72.7 Å². The van der Waals surface area contributed by atoms with E-state index in [0.29, 0.717) is 24.3 Å². The van der Waals surface area contributed by atoms with Crippen LogP contribution in [0.5, 0.6) is 0 Å². The monoisotopic (exact) mass is 875 g/mol. The molecule has 4 heterocycles. The smallest absolute Gasteiger partial charge is 0.323 e. The summed E-state index contributed by atoms with van der Waals surface area (Å²) in [7, 11) is 0. The van der Waals surface area contributed by atoms with E-state index in [1.807, 2.05) is 61.0 Å². The molecule has 1 aliphatic heterocycles. The lowest BCUT2D eigenvalue weighted by Gasteiger charge is -2.27. The molecular formula is C46H50FN9O6S. The lowest BCUT2D eigenvalue weighted by atomic mass is 10.1. The largest absolute Gasteiger partial charge is 0.392 e. The number of carbonyl (C=O) groups is 4. The van der Waals surface area contributed by atoms with Crippen molar-refractivity contribution >= 4 is 46.5 Å². The molecule has 0 unspecified atom stereocenters. The number of nitrogens with one attached hydrogen (secondary N) is 5. The van der Waals surface area contributed by atoms with Crippen molar-refractivity contribution < 1.29 is 33.8 Å². The number of carbonyl (C=O) groups excluding carboxylic acids is 4. The van der Waals surface area contributed by atoms with Gasteiger partial charge in [-0.3, -0.25) is 14.4 Å². The Bertz CT molecular complexity index is 2440. The second-order valence-corrected chi connectivity index (χ2v) is 16.0. The quantitative estimate of drug-likeness (QED) is 0.0377. The fraction of sp³-hybridized carbons (Fsp3) is 0.326. The predicted octanol–water partition coefficient (Wildman–Crippen LogP) is 5.02. The van der Waals surface area contributed by atoms with Crippen molar-refractivity contribution in [3.63, 3.8) is 0 Å². The van der Waals surface area contributed by atoms with Gasteiger partial charge >= 0.3 is 6.03 Å². The molecule has 5 amide bonds. The van der Waals surface area contributed by atoms with Gasteiger partial charge in [-0.1, -0.05) is 48.7 Å². The molecule has 0 saturated carbocycles. The molecule has 15 nitrogen and oxygen atoms in total. The van der Waals surface area contributed by atoms with Crippen LogP contribution in [0, 0.1) is 24.7 Å². The SMILES string of the molecule is Cc1ncsc1-c1ccc(CNC(=O)[C@@H]2C[C@@H](O)CN2C(=O)[C@H](C)NC(=O)CCCCCNCc2ccc(C#Cc3cc(NC(=O)Nc4cc(F)ncc4CO)ccn3)cc2)cc1. The molecule has 7 N–H and O–H groups in total. The van der Waals surface area contributed by atoms with Crippen LogP contribution in [0.2, 0.25) is 0 Å². The third-order valence-electron chi connectivity index (χ3n) is 10.3. The summed E-state index contributed by atoms with van der Waals surface area (Å²) in [6, 6.07) is 17.5. The number of hydrogen-bond acceptors (Lipinski definition) is 11. The maximum atomic E-state index is 13.5. The maximum absolute atomic E-state index is 13.5. The number of benzene rings is 2. The van der Waals surface area contributed by atoms with Crippen molar-refractivity contribution in [2.24, 2.45) is 0 Å². The number of β-amino-alcohol motifs (C(OH)–C–C–N with tert-alkyl or cyclic N) is 1. The van der Waals surface area contributed by atoms with Crippen molar-refractivity contribution in [1.29, 1.82) is 0 Å². The first-order chi connectivity index (χ1) is 30.4. The minimum absolute atomic E-state index is 0.0241. The number of urea groups is 1. The third kappa shape index (κ3) is 13.5. The number of aryl methyl sites for hydroxylation is 1. The van der Waals surface area contributed by atoms with E-state index >= 15 is 0 Å². The van der Waals surface area contributed by atoms with E-state index in [1.54, 1.807) is 30.4 Å². The lowest BCUT2D eigenvalue weighted by Crippen LogP contribution is -2.52. The minimum Gasteiger partial charge on any atom is -0.392 e. The molecule has 3 atom stereocenters. The summed E-state index contributed by atoms with van der Waals surface area (Å²) in [4.78, 5) is 66.2. The number of hydrogen-bond donors (Lipinski definition) is 7. The zero-order valence-electron chi connectivity index (χ0n) is 35.0. The molecule has 0 aliphatic carbocycles. The number of nitrogens with zero attached hydrogens (tertiary/aromatic N) is 4. The molecule has 17 heteroatoms. The predicted molar refractivity (Wildman–Crippen MR) is 237 cm³/mol. The number of amides is 5. The Kier molecular flexibility index (Phi) is 16.4. The first-order valence-electron chi connectivity index (χ1n) is 20.6. The Morgan fingerprint density at radius 2 is 1.70 bits per heavy atom. The number of halogens is 1. The Labute approximate surface area is 369 Å². The number of pyridine rings is 2. The highest BCUT2D eigenvalue weighted by molar-refractivity contribution is 7.13. The van der Waals surface area contributed by atoms with Gasteiger partial charge in [0.2, 0.25) is 23.7 Å². The van der Waals surface area contributed by atoms with Crippen LogP contribution in [0.25, 0.3) is 10.4 Å². The Hall–Kier alpha value is -6.58. The van der Waals surface area contributed by atoms with E-state index in [0.717, 1.165) is 64.5 Å². The van der Waals surface area contributed by atoms with Crippen LogP contribution >= 0.6 is 11.3 Å². The lowest BCUT2D eigenvalue weighted by molar-refractivity contribution is -0.141. The Morgan fingerprint density at radius 3 is 2.44 bits per heavy atom. The topological polar surface area (TPSA) is 211 Å². The highest BCUT2D eigenvalue weighted by Crippen LogP contribution is 2.27. The summed E-state index contributed by atoms with van der Waals surface area (Å²) >= 11 is 1.57. The molecule has 63 heavy (non-hydrogen) atoms. The molecule has 0 spiro atoms. The number of anilines is 2. The maximum Gasteiger partial charge on any atom is 0.323 e. The van der Waals surface area contributed by atoms with E-state index in [1.165, 1.54) is 11.1 Å². The van der Waals surface area contributed by atoms with Gasteiger partial charge in [0.05, 0.1) is 34.5 Å². The number of aromatic nitrogens is 3. The van der Waals surface area contributed by atoms with Gasteiger partial charge in [-0.25, -0.2) is 19.7 Å². The molecule has 0 radical (unpaired) electrons. The highest BCUT2D eigenvalue weighted by Gasteiger charge is 2.40. The van der Waals surface area contributed by atoms with Crippen LogP contribution in [0.4, 0.5) is 20.6 Å². The molecular weight excluding hydrogens is 826 g/mol. The molecule has 3 aromatic heterocycles. The van der Waals surface area contributed by atoms with E-state index < -0.39 is 42.7 Å². The van der Waals surface area contributed by atoms with E-state index in [9.17, 15) is 33.8 Å². The van der Waals surface area contributed by atoms with Gasteiger partial charge in [0.1, 0.15) is 17.8 Å². The van der Waals surface area contributed by atoms with Crippen LogP contribution in [-0.4, -0.2) is 85.1 Å². The summed E-state index contributed by atoms with van der Waals surface area (Å²) in [5.41, 5.74) is 7.82. The van der Waals surface area contributed by atoms with Crippen LogP contribution in [0.15, 0.2) is 84.6 Å². The minimum atomic E-state index is -0.846. The Balaban J connectivity index is 0.849. The fourth-order valence-electron chi connectivity index (χ4n) is 6.94. The number of aliphatic hydroxyl groups excluding tert-OH is 2. The highest BCUT2D eigenvalue weighted by atomic mass is 32.1. The zero-order valence-corrected chi connectivity index (χ0v) is 35.8. The van der Waals surface area contributed by atoms with Gasteiger partial charge in [-0.15, -0.1) is 11.3 Å². The summed E-state index contributed by atoms with van der Waals surface area (Å²) in [5.74, 6) is 4.26. The molecule has 6 rings (SSSR count). The number of rotatable bonds is 17. The molecule has 5 aromatic rings. The standard InChI is InChI=1S/C46H50FN9O6S/c1-29-43(63-28-52-29)34-14-11-33(12-15-34)24-51-44(60)40-21-38(58)26-56(40)45(61)30(2)53-42(59)6-4-3-5-18-48-23-32-9-7-31(8-10-32)13-16-36-20-37(17-19-49-36)54-46(62)55-39-22-41(47)50-25-35(39)27-57/h7-12,14-15,17,19-20,22,25,28,30,38,40,48,57-58H,3-6,18,21,23-24,26-27H2,1-2H3,(H,51,60)(H,53,59)(H2,49,50,54,55,62)/t30-,38+,40-/m0/s1. The number of unbranched alkanes of at least 4 members (excludes halogenated alkanes) is 2. The third-order valence-corrected chi connectivity index (χ3v) is 11.3. The molecule has 2 aromatic carbocycles. The van der Waals surface area contributed by atoms with Gasteiger partial charge in [-0.2, -0.15) is 4.39 Å². The van der Waals surface area contributed by atoms with Crippen LogP contribution in [0.3, 0.4) is 0 Å². The van der Waals surface area contributed by atoms with Crippen molar-refractivity contribution in [3.8, 4) is 22.3 Å². The zero-order chi connectivity index (χ0) is 44.7. The summed E-state index contributed by atoms with van der Waals surface area (Å²) in [6.07, 6.45) is 4.55. The number of likely N-dealkylation sites (tertiary alicyclic amines) is 1. The first kappa shape index (κ1) is 45.9. The fourth-order valence-corrected chi connectivity index (χ4v) is 7.75. The summed E-state index contributed by atoms with van der Waals surface area (Å²) < 4.78 is 13.5. The van der Waals surface area contributed by atoms with Gasteiger partial charge in [0.15, 0.2) is 0 Å². The second-order valence-electron chi connectivity index (χ2n) is 15.1. The van der Waals surface area contributed by atoms with Crippen molar-refractivity contribution in [3.05, 3.63) is 124 Å². The van der Waals surface area contributed by atoms with Gasteiger partial charge < -0.3 is 41.7 Å². The van der Waals surface area contributed by atoms with Crippen LogP contribution in [-0.2, 0) is 34.1 Å². The molecule has 1 aliphatic rings. The molecule has 328 valence electrons. The molecule has 0 bridgehead atoms. The van der Waals surface area contributed by atoms with E-state index in [2.05, 4.69) is 53.4 Å². The molecule has 1 fully saturated rings. The normalized spacial score (nSPS) is 14.9. The summed E-state index contributed by atoms with van der Waals surface area (Å²) in [5, 5.41) is 34.0.